The van der Waals surface area contributed by atoms with Gasteiger partial charge in [-0.3, -0.25) is 0 Å². The van der Waals surface area contributed by atoms with Crippen LogP contribution in [0.2, 0.25) is 0 Å². The van der Waals surface area contributed by atoms with E-state index in [-0.39, 0.29) is 6.15 Å². The van der Waals surface area contributed by atoms with Crippen LogP contribution in [-0.2, 0) is 6.42 Å². The lowest BCUT2D eigenvalue weighted by Gasteiger charge is -2.07. The second kappa shape index (κ2) is 8.32. The van der Waals surface area contributed by atoms with Crippen LogP contribution in [0.25, 0.3) is 22.9 Å². The van der Waals surface area contributed by atoms with Crippen LogP contribution in [0, 0.1) is 0 Å². The zero-order chi connectivity index (χ0) is 16.1. The highest BCUT2D eigenvalue weighted by molar-refractivity contribution is 5.88. The monoisotopic (exact) mass is 319 g/mol. The molecule has 0 heterocycles. The highest BCUT2D eigenvalue weighted by atomic mass is 16.5. The van der Waals surface area contributed by atoms with E-state index in [0.29, 0.717) is 0 Å². The summed E-state index contributed by atoms with van der Waals surface area (Å²) in [5, 5.41) is 2.43. The predicted molar refractivity (Wildman–Crippen MR) is 105 cm³/mol. The highest BCUT2D eigenvalue weighted by Gasteiger charge is 2.02. The van der Waals surface area contributed by atoms with Gasteiger partial charge >= 0.3 is 0 Å². The molecule has 0 bridgehead atoms. The fraction of sp³-hybridized carbons (Fsp3) is 0.182. The van der Waals surface area contributed by atoms with Crippen molar-refractivity contribution in [3.8, 4) is 5.75 Å². The normalized spacial score (nSPS) is 10.8. The molecule has 3 aromatic rings. The van der Waals surface area contributed by atoms with Crippen molar-refractivity contribution >= 4 is 22.9 Å². The van der Waals surface area contributed by atoms with E-state index in [1.54, 1.807) is 7.11 Å². The van der Waals surface area contributed by atoms with Crippen molar-refractivity contribution in [2.45, 2.75) is 19.8 Å². The molecular weight excluding hydrogens is 294 g/mol. The van der Waals surface area contributed by atoms with Gasteiger partial charge in [0, 0.05) is 5.56 Å². The zero-order valence-corrected chi connectivity index (χ0v) is 14.5. The Bertz CT molecular complexity index is 836. The van der Waals surface area contributed by atoms with Gasteiger partial charge in [-0.2, -0.15) is 0 Å². The first-order valence-corrected chi connectivity index (χ1v) is 8.14. The minimum absolute atomic E-state index is 0. The Morgan fingerprint density at radius 1 is 0.875 bits per heavy atom. The molecule has 0 saturated carbocycles. The second-order valence-corrected chi connectivity index (χ2v) is 5.77. The number of benzene rings is 3. The quantitative estimate of drug-likeness (QED) is 0.575. The molecule has 0 atom stereocenters. The molecular formula is C22H25NO. The van der Waals surface area contributed by atoms with Crippen molar-refractivity contribution in [1.29, 1.82) is 0 Å². The third-order valence-corrected chi connectivity index (χ3v) is 4.04. The average molecular weight is 319 g/mol. The molecule has 0 unspecified atom stereocenters. The Morgan fingerprint density at radius 2 is 1.62 bits per heavy atom. The van der Waals surface area contributed by atoms with Crippen molar-refractivity contribution in [1.82, 2.24) is 6.15 Å². The molecule has 0 spiro atoms. The first-order valence-electron chi connectivity index (χ1n) is 8.14. The Labute approximate surface area is 144 Å². The van der Waals surface area contributed by atoms with Crippen molar-refractivity contribution in [2.75, 3.05) is 7.11 Å². The van der Waals surface area contributed by atoms with Gasteiger partial charge in [0.2, 0.25) is 0 Å². The summed E-state index contributed by atoms with van der Waals surface area (Å²) in [4.78, 5) is 0. The standard InChI is InChI=1S/C22H22O.H3N/c1-3-7-17-8-6-9-18(14-17)12-13-21-15-19-10-4-5-11-20(19)16-22(21)23-2;/h4-6,8-16H,3,7H2,1-2H3;1H3. The molecule has 0 aliphatic rings. The number of ether oxygens (including phenoxy) is 1. The Morgan fingerprint density at radius 3 is 2.33 bits per heavy atom. The zero-order valence-electron chi connectivity index (χ0n) is 14.5. The van der Waals surface area contributed by atoms with Crippen LogP contribution in [-0.4, -0.2) is 7.11 Å². The SMILES string of the molecule is CCCc1cccc(C=Cc2cc3ccccc3cc2OC)c1.N. The summed E-state index contributed by atoms with van der Waals surface area (Å²) in [6.07, 6.45) is 6.59. The van der Waals surface area contributed by atoms with Gasteiger partial charge in [0.25, 0.3) is 0 Å². The molecule has 2 nitrogen and oxygen atoms in total. The number of rotatable bonds is 5. The van der Waals surface area contributed by atoms with E-state index >= 15 is 0 Å². The second-order valence-electron chi connectivity index (χ2n) is 5.77. The van der Waals surface area contributed by atoms with Crippen LogP contribution in [0.1, 0.15) is 30.0 Å². The predicted octanol–water partition coefficient (Wildman–Crippen LogP) is 6.13. The Kier molecular flexibility index (Phi) is 6.16. The number of hydrogen-bond donors (Lipinski definition) is 1. The van der Waals surface area contributed by atoms with Gasteiger partial charge in [-0.25, -0.2) is 0 Å². The first-order chi connectivity index (χ1) is 11.3. The summed E-state index contributed by atoms with van der Waals surface area (Å²) in [6, 6.07) is 21.4. The van der Waals surface area contributed by atoms with Crippen LogP contribution in [0.5, 0.6) is 5.75 Å². The van der Waals surface area contributed by atoms with Gasteiger partial charge in [0.05, 0.1) is 7.11 Å². The molecule has 0 fully saturated rings. The molecule has 3 rings (SSSR count). The minimum atomic E-state index is 0. The molecule has 3 N–H and O–H groups in total. The van der Waals surface area contributed by atoms with Crippen LogP contribution >= 0.6 is 0 Å². The molecule has 0 aliphatic heterocycles. The molecule has 0 amide bonds. The van der Waals surface area contributed by atoms with Crippen molar-refractivity contribution in [2.24, 2.45) is 0 Å². The topological polar surface area (TPSA) is 44.2 Å². The number of hydrogen-bond acceptors (Lipinski definition) is 2. The summed E-state index contributed by atoms with van der Waals surface area (Å²) >= 11 is 0. The van der Waals surface area contributed by atoms with Gasteiger partial charge in [0.1, 0.15) is 5.75 Å². The van der Waals surface area contributed by atoms with Gasteiger partial charge in [-0.05, 0) is 40.5 Å². The van der Waals surface area contributed by atoms with Gasteiger partial charge in [-0.1, -0.05) is 74.0 Å². The molecule has 0 radical (unpaired) electrons. The fourth-order valence-electron chi connectivity index (χ4n) is 2.87. The van der Waals surface area contributed by atoms with E-state index in [1.807, 2.05) is 0 Å². The summed E-state index contributed by atoms with van der Waals surface area (Å²) < 4.78 is 5.55. The molecule has 124 valence electrons. The maximum absolute atomic E-state index is 5.55. The summed E-state index contributed by atoms with van der Waals surface area (Å²) in [5.41, 5.74) is 3.72. The minimum Gasteiger partial charge on any atom is -0.496 e. The third-order valence-electron chi connectivity index (χ3n) is 4.04. The third kappa shape index (κ3) is 4.03. The Hall–Kier alpha value is -2.58. The maximum atomic E-state index is 5.55. The van der Waals surface area contributed by atoms with Crippen LogP contribution in [0.4, 0.5) is 0 Å². The summed E-state index contributed by atoms with van der Waals surface area (Å²) in [6.45, 7) is 2.21. The van der Waals surface area contributed by atoms with E-state index in [9.17, 15) is 0 Å². The molecule has 3 aromatic carbocycles. The van der Waals surface area contributed by atoms with E-state index in [4.69, 9.17) is 4.74 Å². The average Bonchev–Trinajstić information content (AvgIpc) is 2.59. The summed E-state index contributed by atoms with van der Waals surface area (Å²) in [7, 11) is 1.73. The molecule has 2 heteroatoms. The van der Waals surface area contributed by atoms with E-state index in [0.717, 1.165) is 17.7 Å². The lowest BCUT2D eigenvalue weighted by molar-refractivity contribution is 0.414. The van der Waals surface area contributed by atoms with E-state index in [2.05, 4.69) is 79.7 Å². The lowest BCUT2D eigenvalue weighted by Crippen LogP contribution is -1.88. The lowest BCUT2D eigenvalue weighted by atomic mass is 10.0. The van der Waals surface area contributed by atoms with Gasteiger partial charge < -0.3 is 10.9 Å². The number of methoxy groups -OCH3 is 1. The van der Waals surface area contributed by atoms with Crippen LogP contribution in [0.15, 0.2) is 60.7 Å². The molecule has 24 heavy (non-hydrogen) atoms. The Balaban J connectivity index is 0.00000208. The van der Waals surface area contributed by atoms with Crippen LogP contribution < -0.4 is 10.9 Å². The highest BCUT2D eigenvalue weighted by Crippen LogP contribution is 2.27. The van der Waals surface area contributed by atoms with Crippen molar-refractivity contribution in [3.05, 3.63) is 77.4 Å². The molecule has 0 saturated heterocycles. The molecule has 0 aromatic heterocycles. The van der Waals surface area contributed by atoms with Crippen LogP contribution in [0.3, 0.4) is 0 Å². The fourth-order valence-corrected chi connectivity index (χ4v) is 2.87. The van der Waals surface area contributed by atoms with E-state index in [1.165, 1.54) is 28.3 Å². The maximum Gasteiger partial charge on any atom is 0.126 e. The number of fused-ring (bicyclic) bond motifs is 1. The molecule has 0 aliphatic carbocycles. The van der Waals surface area contributed by atoms with Crippen molar-refractivity contribution in [3.63, 3.8) is 0 Å². The summed E-state index contributed by atoms with van der Waals surface area (Å²) in [5.74, 6) is 0.907. The van der Waals surface area contributed by atoms with E-state index < -0.39 is 0 Å². The van der Waals surface area contributed by atoms with Gasteiger partial charge in [-0.15, -0.1) is 0 Å². The smallest absolute Gasteiger partial charge is 0.126 e. The largest absolute Gasteiger partial charge is 0.496 e. The van der Waals surface area contributed by atoms with Gasteiger partial charge in [0.15, 0.2) is 0 Å². The first kappa shape index (κ1) is 17.8. The van der Waals surface area contributed by atoms with Crippen molar-refractivity contribution < 1.29 is 4.74 Å². The number of aryl methyl sites for hydroxylation is 1.